The second-order valence-corrected chi connectivity index (χ2v) is 7.10. The van der Waals surface area contributed by atoms with Gasteiger partial charge in [0.05, 0.1) is 4.90 Å². The van der Waals surface area contributed by atoms with E-state index < -0.39 is 10.0 Å². The number of halogens is 1. The molecule has 0 atom stereocenters. The van der Waals surface area contributed by atoms with Crippen LogP contribution in [0, 0.1) is 0 Å². The van der Waals surface area contributed by atoms with Crippen LogP contribution in [0.1, 0.15) is 12.8 Å². The van der Waals surface area contributed by atoms with E-state index in [-0.39, 0.29) is 0 Å². The van der Waals surface area contributed by atoms with Crippen molar-refractivity contribution < 1.29 is 8.42 Å². The lowest BCUT2D eigenvalue weighted by atomic mass is 10.1. The lowest BCUT2D eigenvalue weighted by molar-refractivity contribution is 0.580. The van der Waals surface area contributed by atoms with Crippen LogP contribution in [0.2, 0.25) is 0 Å². The molecule has 4 nitrogen and oxygen atoms in total. The first-order chi connectivity index (χ1) is 9.08. The molecular weight excluding hydrogens is 328 g/mol. The van der Waals surface area contributed by atoms with E-state index in [2.05, 4.69) is 32.0 Å². The van der Waals surface area contributed by atoms with Gasteiger partial charge in [-0.05, 0) is 43.7 Å². The Morgan fingerprint density at radius 3 is 2.63 bits per heavy atom. The second-order valence-electron chi connectivity index (χ2n) is 4.42. The summed E-state index contributed by atoms with van der Waals surface area (Å²) in [6.45, 7) is 2.31. The summed E-state index contributed by atoms with van der Waals surface area (Å²) in [7, 11) is -3.39. The maximum absolute atomic E-state index is 12.0. The highest BCUT2D eigenvalue weighted by molar-refractivity contribution is 9.10. The summed E-state index contributed by atoms with van der Waals surface area (Å²) < 4.78 is 27.6. The molecule has 0 radical (unpaired) electrons. The van der Waals surface area contributed by atoms with Crippen molar-refractivity contribution in [1.29, 1.82) is 0 Å². The average Bonchev–Trinajstić information content (AvgIpc) is 2.40. The van der Waals surface area contributed by atoms with E-state index >= 15 is 0 Å². The Morgan fingerprint density at radius 2 is 2.00 bits per heavy atom. The van der Waals surface area contributed by atoms with Crippen LogP contribution >= 0.6 is 15.9 Å². The van der Waals surface area contributed by atoms with Gasteiger partial charge in [0, 0.05) is 17.6 Å². The van der Waals surface area contributed by atoms with Crippen LogP contribution in [-0.2, 0) is 10.0 Å². The molecule has 1 aliphatic heterocycles. The highest BCUT2D eigenvalue weighted by Gasteiger charge is 2.13. The Hall–Kier alpha value is -0.690. The van der Waals surface area contributed by atoms with Gasteiger partial charge in [0.2, 0.25) is 10.0 Å². The van der Waals surface area contributed by atoms with Crippen molar-refractivity contribution in [3.05, 3.63) is 40.4 Å². The number of nitrogens with one attached hydrogen (secondary N) is 2. The number of benzene rings is 1. The standard InChI is InChI=1S/C13H17BrN2O2S/c14-12-1-3-13(4-2-12)19(17,18)16-10-7-11-5-8-15-9-6-11/h1-5,15-16H,6-10H2. The molecule has 2 N–H and O–H groups in total. The van der Waals surface area contributed by atoms with Crippen molar-refractivity contribution in [2.24, 2.45) is 0 Å². The Morgan fingerprint density at radius 1 is 1.26 bits per heavy atom. The van der Waals surface area contributed by atoms with Crippen LogP contribution in [0.15, 0.2) is 45.3 Å². The first-order valence-electron chi connectivity index (χ1n) is 6.22. The minimum absolute atomic E-state index is 0.301. The first-order valence-corrected chi connectivity index (χ1v) is 8.49. The molecule has 1 aromatic carbocycles. The summed E-state index contributed by atoms with van der Waals surface area (Å²) in [5.41, 5.74) is 1.32. The molecule has 1 aromatic rings. The van der Waals surface area contributed by atoms with Gasteiger partial charge in [-0.25, -0.2) is 13.1 Å². The fourth-order valence-corrected chi connectivity index (χ4v) is 3.24. The van der Waals surface area contributed by atoms with E-state index in [0.717, 1.165) is 30.4 Å². The van der Waals surface area contributed by atoms with Crippen LogP contribution in [0.3, 0.4) is 0 Å². The molecule has 6 heteroatoms. The van der Waals surface area contributed by atoms with Crippen LogP contribution in [-0.4, -0.2) is 28.1 Å². The third-order valence-corrected chi connectivity index (χ3v) is 5.03. The summed E-state index contributed by atoms with van der Waals surface area (Å²) >= 11 is 3.29. The van der Waals surface area contributed by atoms with Crippen LogP contribution in [0.4, 0.5) is 0 Å². The van der Waals surface area contributed by atoms with Gasteiger partial charge in [-0.3, -0.25) is 0 Å². The zero-order valence-electron chi connectivity index (χ0n) is 10.5. The molecule has 0 saturated heterocycles. The maximum Gasteiger partial charge on any atom is 0.240 e. The molecular formula is C13H17BrN2O2S. The number of sulfonamides is 1. The van der Waals surface area contributed by atoms with Crippen molar-refractivity contribution in [3.8, 4) is 0 Å². The average molecular weight is 345 g/mol. The molecule has 1 aliphatic rings. The molecule has 0 bridgehead atoms. The monoisotopic (exact) mass is 344 g/mol. The van der Waals surface area contributed by atoms with E-state index in [1.54, 1.807) is 24.3 Å². The summed E-state index contributed by atoms with van der Waals surface area (Å²) in [5.74, 6) is 0. The largest absolute Gasteiger partial charge is 0.313 e. The van der Waals surface area contributed by atoms with E-state index in [1.165, 1.54) is 5.57 Å². The van der Waals surface area contributed by atoms with Gasteiger partial charge in [0.1, 0.15) is 0 Å². The maximum atomic E-state index is 12.0. The highest BCUT2D eigenvalue weighted by atomic mass is 79.9. The van der Waals surface area contributed by atoms with Crippen molar-refractivity contribution in [2.75, 3.05) is 19.6 Å². The topological polar surface area (TPSA) is 58.2 Å². The van der Waals surface area contributed by atoms with E-state index in [9.17, 15) is 8.42 Å². The van der Waals surface area contributed by atoms with Crippen molar-refractivity contribution in [2.45, 2.75) is 17.7 Å². The second kappa shape index (κ2) is 6.65. The van der Waals surface area contributed by atoms with Crippen molar-refractivity contribution in [3.63, 3.8) is 0 Å². The lowest BCUT2D eigenvalue weighted by Crippen LogP contribution is -2.26. The summed E-state index contributed by atoms with van der Waals surface area (Å²) in [4.78, 5) is 0.301. The number of rotatable bonds is 5. The van der Waals surface area contributed by atoms with Gasteiger partial charge >= 0.3 is 0 Å². The van der Waals surface area contributed by atoms with Gasteiger partial charge in [0.25, 0.3) is 0 Å². The van der Waals surface area contributed by atoms with E-state index in [4.69, 9.17) is 0 Å². The summed E-state index contributed by atoms with van der Waals surface area (Å²) in [6, 6.07) is 6.64. The van der Waals surface area contributed by atoms with Crippen LogP contribution in [0.5, 0.6) is 0 Å². The van der Waals surface area contributed by atoms with Crippen molar-refractivity contribution in [1.82, 2.24) is 10.0 Å². The smallest absolute Gasteiger partial charge is 0.240 e. The van der Waals surface area contributed by atoms with Gasteiger partial charge in [0.15, 0.2) is 0 Å². The minimum atomic E-state index is -3.39. The van der Waals surface area contributed by atoms with E-state index in [0.29, 0.717) is 11.4 Å². The molecule has 0 aromatic heterocycles. The Bertz CT molecular complexity index is 553. The minimum Gasteiger partial charge on any atom is -0.313 e. The van der Waals surface area contributed by atoms with Crippen LogP contribution in [0.25, 0.3) is 0 Å². The third-order valence-electron chi connectivity index (χ3n) is 3.02. The third kappa shape index (κ3) is 4.42. The zero-order chi connectivity index (χ0) is 13.7. The predicted molar refractivity (Wildman–Crippen MR) is 79.5 cm³/mol. The molecule has 0 aliphatic carbocycles. The predicted octanol–water partition coefficient (Wildman–Crippen LogP) is 2.04. The number of hydrogen-bond acceptors (Lipinski definition) is 3. The lowest BCUT2D eigenvalue weighted by Gasteiger charge is -2.14. The van der Waals surface area contributed by atoms with Gasteiger partial charge in [-0.2, -0.15) is 0 Å². The van der Waals surface area contributed by atoms with Gasteiger partial charge < -0.3 is 5.32 Å². The fourth-order valence-electron chi connectivity index (χ4n) is 1.94. The summed E-state index contributed by atoms with van der Waals surface area (Å²) in [6.07, 6.45) is 3.91. The molecule has 2 rings (SSSR count). The first kappa shape index (κ1) is 14.7. The zero-order valence-corrected chi connectivity index (χ0v) is 12.9. The summed E-state index contributed by atoms with van der Waals surface area (Å²) in [5, 5.41) is 3.23. The molecule has 1 heterocycles. The van der Waals surface area contributed by atoms with Gasteiger partial charge in [-0.15, -0.1) is 0 Å². The van der Waals surface area contributed by atoms with Crippen molar-refractivity contribution >= 4 is 26.0 Å². The molecule has 0 saturated carbocycles. The molecule has 0 spiro atoms. The highest BCUT2D eigenvalue weighted by Crippen LogP contribution is 2.15. The SMILES string of the molecule is O=S(=O)(NCCC1=CCNCC1)c1ccc(Br)cc1. The van der Waals surface area contributed by atoms with E-state index in [1.807, 2.05) is 0 Å². The molecule has 19 heavy (non-hydrogen) atoms. The Kier molecular flexibility index (Phi) is 5.15. The quantitative estimate of drug-likeness (QED) is 0.803. The van der Waals surface area contributed by atoms with Crippen LogP contribution < -0.4 is 10.0 Å². The Labute approximate surface area is 122 Å². The fraction of sp³-hybridized carbons (Fsp3) is 0.385. The molecule has 0 amide bonds. The molecule has 0 unspecified atom stereocenters. The van der Waals surface area contributed by atoms with Gasteiger partial charge in [-0.1, -0.05) is 27.6 Å². The number of hydrogen-bond donors (Lipinski definition) is 2. The normalized spacial score (nSPS) is 16.2. The molecule has 104 valence electrons. The Balaban J connectivity index is 1.90. The molecule has 0 fully saturated rings.